The van der Waals surface area contributed by atoms with Gasteiger partial charge in [-0.3, -0.25) is 4.79 Å². The molecule has 2 aliphatic rings. The molecule has 2 heteroatoms. The Bertz CT molecular complexity index is 225. The lowest BCUT2D eigenvalue weighted by Gasteiger charge is -2.38. The van der Waals surface area contributed by atoms with E-state index in [4.69, 9.17) is 0 Å². The molecule has 0 bridgehead atoms. The van der Waals surface area contributed by atoms with Gasteiger partial charge in [0, 0.05) is 19.0 Å². The Morgan fingerprint density at radius 1 is 1.19 bits per heavy atom. The van der Waals surface area contributed by atoms with Crippen LogP contribution in [0.25, 0.3) is 0 Å². The van der Waals surface area contributed by atoms with Crippen molar-refractivity contribution in [2.45, 2.75) is 72.3 Å². The van der Waals surface area contributed by atoms with E-state index in [9.17, 15) is 4.79 Å². The van der Waals surface area contributed by atoms with Gasteiger partial charge in [0.2, 0.25) is 5.91 Å². The van der Waals surface area contributed by atoms with Crippen molar-refractivity contribution in [3.8, 4) is 0 Å². The Kier molecular flexibility index (Phi) is 4.82. The highest BCUT2D eigenvalue weighted by molar-refractivity contribution is 5.78. The number of rotatable bonds is 1. The minimum atomic E-state index is 0.398. The summed E-state index contributed by atoms with van der Waals surface area (Å²) in [7, 11) is 0. The highest BCUT2D eigenvalue weighted by Gasteiger charge is 2.33. The summed E-state index contributed by atoms with van der Waals surface area (Å²) < 4.78 is 0. The second-order valence-corrected chi connectivity index (χ2v) is 5.59. The molecule has 16 heavy (non-hydrogen) atoms. The van der Waals surface area contributed by atoms with Crippen LogP contribution in [-0.4, -0.2) is 23.4 Å². The van der Waals surface area contributed by atoms with Crippen LogP contribution < -0.4 is 0 Å². The number of likely N-dealkylation sites (tertiary alicyclic amines) is 1. The summed E-state index contributed by atoms with van der Waals surface area (Å²) in [6.07, 6.45) is 6.87. The molecule has 94 valence electrons. The molecule has 1 saturated heterocycles. The van der Waals surface area contributed by atoms with Crippen LogP contribution in [0.15, 0.2) is 0 Å². The minimum absolute atomic E-state index is 0.398. The van der Waals surface area contributed by atoms with E-state index < -0.39 is 0 Å². The second-order valence-electron chi connectivity index (χ2n) is 5.59. The first-order valence-electron chi connectivity index (χ1n) is 6.88. The van der Waals surface area contributed by atoms with Crippen molar-refractivity contribution < 1.29 is 4.79 Å². The number of hydrogen-bond donors (Lipinski definition) is 0. The SMILES string of the molecule is CC.CC1(C)CCC(N2CCCC2=O)CC1. The van der Waals surface area contributed by atoms with E-state index >= 15 is 0 Å². The number of nitrogens with zero attached hydrogens (tertiary/aromatic N) is 1. The van der Waals surface area contributed by atoms with E-state index in [1.807, 2.05) is 13.8 Å². The number of amides is 1. The van der Waals surface area contributed by atoms with Crippen molar-refractivity contribution in [1.29, 1.82) is 0 Å². The molecule has 1 aliphatic carbocycles. The summed E-state index contributed by atoms with van der Waals surface area (Å²) in [5, 5.41) is 0. The van der Waals surface area contributed by atoms with E-state index in [1.165, 1.54) is 25.7 Å². The first-order valence-corrected chi connectivity index (χ1v) is 6.88. The van der Waals surface area contributed by atoms with Crippen LogP contribution in [0.5, 0.6) is 0 Å². The monoisotopic (exact) mass is 225 g/mol. The largest absolute Gasteiger partial charge is 0.340 e. The van der Waals surface area contributed by atoms with Crippen molar-refractivity contribution in [1.82, 2.24) is 4.90 Å². The average molecular weight is 225 g/mol. The predicted molar refractivity (Wildman–Crippen MR) is 68.3 cm³/mol. The van der Waals surface area contributed by atoms with Crippen molar-refractivity contribution in [3.05, 3.63) is 0 Å². The van der Waals surface area contributed by atoms with Crippen LogP contribution in [-0.2, 0) is 4.79 Å². The standard InChI is InChI=1S/C12H21NO.C2H6/c1-12(2)7-5-10(6-8-12)13-9-3-4-11(13)14;1-2/h10H,3-9H2,1-2H3;1-2H3. The molecular weight excluding hydrogens is 198 g/mol. The Morgan fingerprint density at radius 2 is 1.75 bits per heavy atom. The summed E-state index contributed by atoms with van der Waals surface area (Å²) in [4.78, 5) is 13.7. The third-order valence-corrected chi connectivity index (χ3v) is 3.86. The van der Waals surface area contributed by atoms with Crippen molar-refractivity contribution >= 4 is 5.91 Å². The van der Waals surface area contributed by atoms with E-state index in [1.54, 1.807) is 0 Å². The highest BCUT2D eigenvalue weighted by atomic mass is 16.2. The van der Waals surface area contributed by atoms with Gasteiger partial charge in [-0.1, -0.05) is 27.7 Å². The van der Waals surface area contributed by atoms with E-state index in [-0.39, 0.29) is 0 Å². The highest BCUT2D eigenvalue weighted by Crippen LogP contribution is 2.37. The molecule has 0 unspecified atom stereocenters. The molecule has 0 N–H and O–H groups in total. The number of carbonyl (C=O) groups excluding carboxylic acids is 1. The molecule has 1 heterocycles. The van der Waals surface area contributed by atoms with Gasteiger partial charge in [0.25, 0.3) is 0 Å². The second kappa shape index (κ2) is 5.70. The zero-order valence-electron chi connectivity index (χ0n) is 11.4. The topological polar surface area (TPSA) is 20.3 Å². The molecule has 0 spiro atoms. The van der Waals surface area contributed by atoms with Gasteiger partial charge in [0.1, 0.15) is 0 Å². The van der Waals surface area contributed by atoms with Gasteiger partial charge in [0.05, 0.1) is 0 Å². The van der Waals surface area contributed by atoms with E-state index in [0.29, 0.717) is 17.4 Å². The lowest BCUT2D eigenvalue weighted by atomic mass is 9.75. The zero-order valence-corrected chi connectivity index (χ0v) is 11.4. The van der Waals surface area contributed by atoms with E-state index in [0.717, 1.165) is 19.4 Å². The fraction of sp³-hybridized carbons (Fsp3) is 0.929. The fourth-order valence-corrected chi connectivity index (χ4v) is 2.75. The maximum Gasteiger partial charge on any atom is 0.222 e. The quantitative estimate of drug-likeness (QED) is 0.667. The summed E-state index contributed by atoms with van der Waals surface area (Å²) in [5.41, 5.74) is 0.513. The lowest BCUT2D eigenvalue weighted by Crippen LogP contribution is -2.40. The smallest absolute Gasteiger partial charge is 0.222 e. The van der Waals surface area contributed by atoms with E-state index in [2.05, 4.69) is 18.7 Å². The molecule has 1 saturated carbocycles. The fourth-order valence-electron chi connectivity index (χ4n) is 2.75. The number of carbonyl (C=O) groups is 1. The molecule has 1 aliphatic heterocycles. The maximum absolute atomic E-state index is 11.6. The Hall–Kier alpha value is -0.530. The molecule has 0 radical (unpaired) electrons. The van der Waals surface area contributed by atoms with Crippen molar-refractivity contribution in [3.63, 3.8) is 0 Å². The van der Waals surface area contributed by atoms with Gasteiger partial charge in [-0.15, -0.1) is 0 Å². The Labute approximate surface area is 100 Å². The first kappa shape index (κ1) is 13.5. The Balaban J connectivity index is 0.000000606. The van der Waals surface area contributed by atoms with Crippen LogP contribution in [0.3, 0.4) is 0 Å². The molecule has 2 nitrogen and oxygen atoms in total. The minimum Gasteiger partial charge on any atom is -0.340 e. The predicted octanol–water partition coefficient (Wildman–Crippen LogP) is 3.60. The molecule has 1 amide bonds. The third kappa shape index (κ3) is 3.23. The van der Waals surface area contributed by atoms with Crippen LogP contribution in [0, 0.1) is 5.41 Å². The van der Waals surface area contributed by atoms with Crippen LogP contribution >= 0.6 is 0 Å². The first-order chi connectivity index (χ1) is 7.58. The summed E-state index contributed by atoms with van der Waals surface area (Å²) >= 11 is 0. The van der Waals surface area contributed by atoms with Crippen LogP contribution in [0.1, 0.15) is 66.2 Å². The molecule has 2 fully saturated rings. The lowest BCUT2D eigenvalue weighted by molar-refractivity contribution is -0.130. The molecule has 0 aromatic heterocycles. The van der Waals surface area contributed by atoms with Gasteiger partial charge < -0.3 is 4.90 Å². The third-order valence-electron chi connectivity index (χ3n) is 3.86. The molecule has 0 atom stereocenters. The normalized spacial score (nSPS) is 25.2. The summed E-state index contributed by atoms with van der Waals surface area (Å²) in [5.74, 6) is 0.398. The average Bonchev–Trinajstić information content (AvgIpc) is 2.68. The van der Waals surface area contributed by atoms with Crippen LogP contribution in [0.2, 0.25) is 0 Å². The van der Waals surface area contributed by atoms with Gasteiger partial charge in [-0.05, 0) is 37.5 Å². The van der Waals surface area contributed by atoms with Gasteiger partial charge in [-0.2, -0.15) is 0 Å². The molecule has 2 rings (SSSR count). The molecular formula is C14H27NO. The zero-order chi connectivity index (χ0) is 12.2. The number of hydrogen-bond acceptors (Lipinski definition) is 1. The Morgan fingerprint density at radius 3 is 2.19 bits per heavy atom. The van der Waals surface area contributed by atoms with Crippen molar-refractivity contribution in [2.75, 3.05) is 6.54 Å². The summed E-state index contributed by atoms with van der Waals surface area (Å²) in [6, 6.07) is 0.568. The summed E-state index contributed by atoms with van der Waals surface area (Å²) in [6.45, 7) is 9.70. The van der Waals surface area contributed by atoms with Crippen molar-refractivity contribution in [2.24, 2.45) is 5.41 Å². The molecule has 0 aromatic carbocycles. The van der Waals surface area contributed by atoms with Crippen LogP contribution in [0.4, 0.5) is 0 Å². The maximum atomic E-state index is 11.6. The van der Waals surface area contributed by atoms with Gasteiger partial charge >= 0.3 is 0 Å². The van der Waals surface area contributed by atoms with Gasteiger partial charge in [0.15, 0.2) is 0 Å². The van der Waals surface area contributed by atoms with Gasteiger partial charge in [-0.25, -0.2) is 0 Å². The molecule has 0 aromatic rings.